The fourth-order valence-electron chi connectivity index (χ4n) is 2.14. The van der Waals surface area contributed by atoms with Gasteiger partial charge in [0.05, 0.1) is 11.6 Å². The van der Waals surface area contributed by atoms with Crippen molar-refractivity contribution >= 4 is 5.91 Å². The average molecular weight is 294 g/mol. The normalized spacial score (nSPS) is 11.3. The molecule has 2 aromatic carbocycles. The smallest absolute Gasteiger partial charge is 0.263 e. The van der Waals surface area contributed by atoms with E-state index in [1.165, 1.54) is 0 Å². The Hall–Kier alpha value is -2.80. The monoisotopic (exact) mass is 294 g/mol. The molecule has 0 fully saturated rings. The number of ether oxygens (including phenoxy) is 1. The number of nitriles is 1. The molecule has 0 aliphatic heterocycles. The number of rotatable bonds is 5. The van der Waals surface area contributed by atoms with Crippen LogP contribution in [-0.2, 0) is 11.3 Å². The summed E-state index contributed by atoms with van der Waals surface area (Å²) in [7, 11) is 1.75. The van der Waals surface area contributed by atoms with Gasteiger partial charge in [-0.05, 0) is 30.7 Å². The molecular weight excluding hydrogens is 276 g/mol. The van der Waals surface area contributed by atoms with E-state index in [0.29, 0.717) is 17.9 Å². The van der Waals surface area contributed by atoms with Gasteiger partial charge >= 0.3 is 0 Å². The molecule has 0 saturated heterocycles. The van der Waals surface area contributed by atoms with Crippen molar-refractivity contribution in [2.45, 2.75) is 19.6 Å². The van der Waals surface area contributed by atoms with Crippen molar-refractivity contribution < 1.29 is 9.53 Å². The van der Waals surface area contributed by atoms with Crippen LogP contribution in [0.4, 0.5) is 0 Å². The molecule has 1 atom stereocenters. The van der Waals surface area contributed by atoms with Crippen molar-refractivity contribution in [1.82, 2.24) is 4.90 Å². The molecule has 112 valence electrons. The summed E-state index contributed by atoms with van der Waals surface area (Å²) >= 11 is 0. The zero-order valence-electron chi connectivity index (χ0n) is 12.7. The van der Waals surface area contributed by atoms with E-state index in [1.54, 1.807) is 43.1 Å². The van der Waals surface area contributed by atoms with Crippen LogP contribution in [0, 0.1) is 11.3 Å². The second kappa shape index (κ2) is 7.28. The first kappa shape index (κ1) is 15.6. The lowest BCUT2D eigenvalue weighted by Crippen LogP contribution is -2.37. The number of nitrogens with zero attached hydrogens (tertiary/aromatic N) is 2. The Kier molecular flexibility index (Phi) is 5.16. The highest BCUT2D eigenvalue weighted by atomic mass is 16.5. The Morgan fingerprint density at radius 2 is 1.95 bits per heavy atom. The third-order valence-electron chi connectivity index (χ3n) is 3.26. The van der Waals surface area contributed by atoms with Crippen LogP contribution in [0.5, 0.6) is 5.75 Å². The Labute approximate surface area is 130 Å². The van der Waals surface area contributed by atoms with Crippen LogP contribution in [0.15, 0.2) is 54.6 Å². The number of hydrogen-bond acceptors (Lipinski definition) is 3. The Morgan fingerprint density at radius 3 is 2.64 bits per heavy atom. The highest BCUT2D eigenvalue weighted by Gasteiger charge is 2.19. The summed E-state index contributed by atoms with van der Waals surface area (Å²) < 4.78 is 5.64. The van der Waals surface area contributed by atoms with Crippen LogP contribution in [0.25, 0.3) is 0 Å². The standard InChI is InChI=1S/C18H18N2O2/c1-14(22-17-10-6-9-16(11-17)12-19)18(21)20(2)13-15-7-4-3-5-8-15/h3-11,14H,13H2,1-2H3/t14-/m0/s1. The van der Waals surface area contributed by atoms with Gasteiger partial charge in [-0.3, -0.25) is 4.79 Å². The van der Waals surface area contributed by atoms with Gasteiger partial charge in [0.1, 0.15) is 5.75 Å². The van der Waals surface area contributed by atoms with Crippen LogP contribution in [0.1, 0.15) is 18.1 Å². The molecule has 0 aliphatic carbocycles. The maximum atomic E-state index is 12.3. The van der Waals surface area contributed by atoms with Crippen molar-refractivity contribution in [2.75, 3.05) is 7.05 Å². The average Bonchev–Trinajstić information content (AvgIpc) is 2.55. The van der Waals surface area contributed by atoms with Gasteiger partial charge in [0, 0.05) is 13.6 Å². The van der Waals surface area contributed by atoms with Gasteiger partial charge in [0.2, 0.25) is 0 Å². The molecule has 0 bridgehead atoms. The molecule has 1 amide bonds. The summed E-state index contributed by atoms with van der Waals surface area (Å²) in [5.74, 6) is 0.416. The predicted octanol–water partition coefficient (Wildman–Crippen LogP) is 2.98. The number of likely N-dealkylation sites (N-methyl/N-ethyl adjacent to an activating group) is 1. The maximum Gasteiger partial charge on any atom is 0.263 e. The van der Waals surface area contributed by atoms with Gasteiger partial charge in [-0.25, -0.2) is 0 Å². The molecule has 0 heterocycles. The van der Waals surface area contributed by atoms with Gasteiger partial charge in [0.15, 0.2) is 6.10 Å². The van der Waals surface area contributed by atoms with Crippen molar-refractivity contribution in [3.05, 3.63) is 65.7 Å². The third kappa shape index (κ3) is 4.10. The highest BCUT2D eigenvalue weighted by Crippen LogP contribution is 2.15. The van der Waals surface area contributed by atoms with Crippen molar-refractivity contribution in [2.24, 2.45) is 0 Å². The summed E-state index contributed by atoms with van der Waals surface area (Å²) in [5, 5.41) is 8.88. The largest absolute Gasteiger partial charge is 0.481 e. The molecule has 2 aromatic rings. The van der Waals surface area contributed by atoms with Crippen LogP contribution in [-0.4, -0.2) is 24.0 Å². The molecule has 0 unspecified atom stereocenters. The summed E-state index contributed by atoms with van der Waals surface area (Å²) in [4.78, 5) is 14.0. The van der Waals surface area contributed by atoms with Crippen LogP contribution >= 0.6 is 0 Å². The molecule has 0 saturated carbocycles. The molecule has 22 heavy (non-hydrogen) atoms. The number of carbonyl (C=O) groups is 1. The fraction of sp³-hybridized carbons (Fsp3) is 0.222. The summed E-state index contributed by atoms with van der Waals surface area (Å²) in [6.07, 6.45) is -0.609. The number of benzene rings is 2. The van der Waals surface area contributed by atoms with E-state index < -0.39 is 6.10 Å². The first-order valence-electron chi connectivity index (χ1n) is 7.06. The molecule has 2 rings (SSSR count). The highest BCUT2D eigenvalue weighted by molar-refractivity contribution is 5.80. The molecule has 0 aliphatic rings. The van der Waals surface area contributed by atoms with Crippen molar-refractivity contribution in [3.8, 4) is 11.8 Å². The molecule has 4 heteroatoms. The SMILES string of the molecule is C[C@H](Oc1cccc(C#N)c1)C(=O)N(C)Cc1ccccc1. The molecule has 4 nitrogen and oxygen atoms in total. The third-order valence-corrected chi connectivity index (χ3v) is 3.26. The van der Waals surface area contributed by atoms with E-state index in [4.69, 9.17) is 10.00 Å². The Balaban J connectivity index is 1.98. The number of carbonyl (C=O) groups excluding carboxylic acids is 1. The summed E-state index contributed by atoms with van der Waals surface area (Å²) in [6, 6.07) is 18.6. The lowest BCUT2D eigenvalue weighted by molar-refractivity contribution is -0.137. The predicted molar refractivity (Wildman–Crippen MR) is 84.2 cm³/mol. The van der Waals surface area contributed by atoms with E-state index in [9.17, 15) is 4.79 Å². The maximum absolute atomic E-state index is 12.3. The first-order valence-corrected chi connectivity index (χ1v) is 7.06. The molecule has 0 aromatic heterocycles. The van der Waals surface area contributed by atoms with E-state index in [0.717, 1.165) is 5.56 Å². The quantitative estimate of drug-likeness (QED) is 0.852. The topological polar surface area (TPSA) is 53.3 Å². The molecular formula is C18H18N2O2. The molecule has 0 N–H and O–H groups in total. The minimum absolute atomic E-state index is 0.105. The van der Waals surface area contributed by atoms with Gasteiger partial charge < -0.3 is 9.64 Å². The van der Waals surface area contributed by atoms with Gasteiger partial charge in [-0.1, -0.05) is 36.4 Å². The summed E-state index contributed by atoms with van der Waals surface area (Å²) in [6.45, 7) is 2.24. The Bertz CT molecular complexity index is 677. The van der Waals surface area contributed by atoms with Crippen LogP contribution < -0.4 is 4.74 Å². The zero-order chi connectivity index (χ0) is 15.9. The van der Waals surface area contributed by atoms with Gasteiger partial charge in [-0.15, -0.1) is 0 Å². The van der Waals surface area contributed by atoms with E-state index in [2.05, 4.69) is 0 Å². The van der Waals surface area contributed by atoms with Crippen LogP contribution in [0.2, 0.25) is 0 Å². The second-order valence-electron chi connectivity index (χ2n) is 5.08. The zero-order valence-corrected chi connectivity index (χ0v) is 12.7. The van der Waals surface area contributed by atoms with Crippen molar-refractivity contribution in [1.29, 1.82) is 5.26 Å². The van der Waals surface area contributed by atoms with Crippen molar-refractivity contribution in [3.63, 3.8) is 0 Å². The lowest BCUT2D eigenvalue weighted by Gasteiger charge is -2.22. The number of hydrogen-bond donors (Lipinski definition) is 0. The van der Waals surface area contributed by atoms with E-state index >= 15 is 0 Å². The second-order valence-corrected chi connectivity index (χ2v) is 5.08. The molecule has 0 radical (unpaired) electrons. The number of amides is 1. The minimum atomic E-state index is -0.609. The van der Waals surface area contributed by atoms with Gasteiger partial charge in [0.25, 0.3) is 5.91 Å². The summed E-state index contributed by atoms with van der Waals surface area (Å²) in [5.41, 5.74) is 1.58. The van der Waals surface area contributed by atoms with E-state index in [-0.39, 0.29) is 5.91 Å². The fourth-order valence-corrected chi connectivity index (χ4v) is 2.14. The molecule has 0 spiro atoms. The Morgan fingerprint density at radius 1 is 1.23 bits per heavy atom. The van der Waals surface area contributed by atoms with Crippen LogP contribution in [0.3, 0.4) is 0 Å². The van der Waals surface area contributed by atoms with E-state index in [1.807, 2.05) is 36.4 Å². The minimum Gasteiger partial charge on any atom is -0.481 e. The van der Waals surface area contributed by atoms with Gasteiger partial charge in [-0.2, -0.15) is 5.26 Å². The first-order chi connectivity index (χ1) is 10.6. The lowest BCUT2D eigenvalue weighted by atomic mass is 10.2.